The van der Waals surface area contributed by atoms with Crippen molar-refractivity contribution in [2.24, 2.45) is 0 Å². The van der Waals surface area contributed by atoms with E-state index < -0.39 is 5.97 Å². The van der Waals surface area contributed by atoms with Gasteiger partial charge in [-0.15, -0.1) is 0 Å². The smallest absolute Gasteiger partial charge is 0.371 e. The van der Waals surface area contributed by atoms with Crippen molar-refractivity contribution in [1.82, 2.24) is 5.48 Å². The van der Waals surface area contributed by atoms with Crippen LogP contribution in [0, 0.1) is 0 Å². The average Bonchev–Trinajstić information content (AvgIpc) is 2.66. The third-order valence-corrected chi connectivity index (χ3v) is 1.61. The van der Waals surface area contributed by atoms with E-state index in [1.807, 2.05) is 0 Å². The highest BCUT2D eigenvalue weighted by atomic mass is 16.7. The lowest BCUT2D eigenvalue weighted by Gasteiger charge is -2.02. The van der Waals surface area contributed by atoms with Crippen LogP contribution in [0.3, 0.4) is 0 Å². The number of carboxylic acids is 1. The van der Waals surface area contributed by atoms with Gasteiger partial charge in [0.05, 0.1) is 19.8 Å². The van der Waals surface area contributed by atoms with Crippen LogP contribution in [0.5, 0.6) is 0 Å². The van der Waals surface area contributed by atoms with Gasteiger partial charge in [-0.25, -0.2) is 4.79 Å². The number of methoxy groups -OCH3 is 1. The van der Waals surface area contributed by atoms with Crippen molar-refractivity contribution in [3.63, 3.8) is 0 Å². The zero-order valence-corrected chi connectivity index (χ0v) is 8.36. The number of ether oxygens (including phenoxy) is 1. The zero-order chi connectivity index (χ0) is 11.1. The van der Waals surface area contributed by atoms with Crippen LogP contribution in [0.1, 0.15) is 16.3 Å². The highest BCUT2D eigenvalue weighted by Crippen LogP contribution is 2.07. The quantitative estimate of drug-likeness (QED) is 0.513. The van der Waals surface area contributed by atoms with E-state index >= 15 is 0 Å². The molecule has 0 aliphatic rings. The first-order chi connectivity index (χ1) is 7.24. The number of nitrogens with one attached hydrogen (secondary N) is 1. The zero-order valence-electron chi connectivity index (χ0n) is 8.36. The van der Waals surface area contributed by atoms with E-state index in [1.54, 1.807) is 13.2 Å². The van der Waals surface area contributed by atoms with E-state index in [-0.39, 0.29) is 5.76 Å². The number of rotatable bonds is 7. The molecule has 0 aromatic carbocycles. The van der Waals surface area contributed by atoms with Crippen LogP contribution in [0.15, 0.2) is 16.5 Å². The Morgan fingerprint density at radius 3 is 2.93 bits per heavy atom. The van der Waals surface area contributed by atoms with Crippen LogP contribution in [0.25, 0.3) is 0 Å². The molecule has 0 bridgehead atoms. The molecule has 0 saturated heterocycles. The number of carboxylic acid groups (broad SMARTS) is 1. The maximum atomic E-state index is 10.5. The Morgan fingerprint density at radius 1 is 1.53 bits per heavy atom. The van der Waals surface area contributed by atoms with Gasteiger partial charge >= 0.3 is 5.97 Å². The maximum Gasteiger partial charge on any atom is 0.371 e. The van der Waals surface area contributed by atoms with Gasteiger partial charge in [-0.3, -0.25) is 4.84 Å². The Hall–Kier alpha value is -1.37. The molecule has 0 amide bonds. The van der Waals surface area contributed by atoms with Gasteiger partial charge < -0.3 is 14.3 Å². The van der Waals surface area contributed by atoms with Gasteiger partial charge in [0.25, 0.3) is 0 Å². The topological polar surface area (TPSA) is 80.9 Å². The number of hydroxylamine groups is 1. The molecule has 1 aromatic heterocycles. The van der Waals surface area contributed by atoms with Crippen molar-refractivity contribution in [3.05, 3.63) is 23.7 Å². The summed E-state index contributed by atoms with van der Waals surface area (Å²) >= 11 is 0. The summed E-state index contributed by atoms with van der Waals surface area (Å²) in [5.41, 5.74) is 2.62. The van der Waals surface area contributed by atoms with Crippen molar-refractivity contribution >= 4 is 5.97 Å². The van der Waals surface area contributed by atoms with Gasteiger partial charge in [0, 0.05) is 7.11 Å². The molecule has 0 atom stereocenters. The van der Waals surface area contributed by atoms with Crippen LogP contribution in [0.2, 0.25) is 0 Å². The molecule has 15 heavy (non-hydrogen) atoms. The van der Waals surface area contributed by atoms with Crippen molar-refractivity contribution in [3.8, 4) is 0 Å². The van der Waals surface area contributed by atoms with Crippen LogP contribution in [-0.2, 0) is 16.1 Å². The second-order valence-electron chi connectivity index (χ2n) is 2.73. The Morgan fingerprint density at radius 2 is 2.33 bits per heavy atom. The largest absolute Gasteiger partial charge is 0.475 e. The van der Waals surface area contributed by atoms with E-state index in [1.165, 1.54) is 6.07 Å². The summed E-state index contributed by atoms with van der Waals surface area (Å²) in [6, 6.07) is 2.98. The molecule has 1 aromatic rings. The van der Waals surface area contributed by atoms with E-state index in [0.717, 1.165) is 0 Å². The lowest BCUT2D eigenvalue weighted by Crippen LogP contribution is -2.16. The first-order valence-corrected chi connectivity index (χ1v) is 4.39. The van der Waals surface area contributed by atoms with E-state index in [0.29, 0.717) is 25.5 Å². The van der Waals surface area contributed by atoms with Gasteiger partial charge in [0.2, 0.25) is 5.76 Å². The van der Waals surface area contributed by atoms with Crippen LogP contribution >= 0.6 is 0 Å². The molecule has 6 nitrogen and oxygen atoms in total. The molecule has 1 rings (SSSR count). The first kappa shape index (κ1) is 11.7. The summed E-state index contributed by atoms with van der Waals surface area (Å²) in [5.74, 6) is -0.657. The lowest BCUT2D eigenvalue weighted by atomic mass is 10.4. The van der Waals surface area contributed by atoms with Crippen molar-refractivity contribution < 1.29 is 23.9 Å². The molecule has 0 spiro atoms. The third-order valence-electron chi connectivity index (χ3n) is 1.61. The van der Waals surface area contributed by atoms with Gasteiger partial charge in [0.1, 0.15) is 5.76 Å². The van der Waals surface area contributed by atoms with E-state index in [4.69, 9.17) is 19.1 Å². The highest BCUT2D eigenvalue weighted by molar-refractivity contribution is 5.84. The molecule has 1 heterocycles. The minimum Gasteiger partial charge on any atom is -0.475 e. The Kier molecular flexibility index (Phi) is 4.82. The number of carbonyl (C=O) groups is 1. The van der Waals surface area contributed by atoms with Gasteiger partial charge in [-0.2, -0.15) is 5.48 Å². The van der Waals surface area contributed by atoms with Gasteiger partial charge in [-0.05, 0) is 12.1 Å². The molecule has 0 aliphatic heterocycles. The monoisotopic (exact) mass is 215 g/mol. The summed E-state index contributed by atoms with van der Waals surface area (Å²) in [4.78, 5) is 15.4. The van der Waals surface area contributed by atoms with Crippen molar-refractivity contribution in [2.45, 2.75) is 6.54 Å². The number of furan rings is 1. The van der Waals surface area contributed by atoms with Crippen molar-refractivity contribution in [2.75, 3.05) is 20.3 Å². The Balaban J connectivity index is 2.23. The van der Waals surface area contributed by atoms with Crippen LogP contribution < -0.4 is 5.48 Å². The molecule has 0 radical (unpaired) electrons. The summed E-state index contributed by atoms with van der Waals surface area (Å²) in [7, 11) is 1.58. The summed E-state index contributed by atoms with van der Waals surface area (Å²) in [6.45, 7) is 1.23. The highest BCUT2D eigenvalue weighted by Gasteiger charge is 2.08. The third kappa shape index (κ3) is 4.11. The predicted molar refractivity (Wildman–Crippen MR) is 50.3 cm³/mol. The fraction of sp³-hybridized carbons (Fsp3) is 0.444. The fourth-order valence-corrected chi connectivity index (χ4v) is 0.907. The number of hydrogen-bond donors (Lipinski definition) is 2. The predicted octanol–water partition coefficient (Wildman–Crippen LogP) is 0.645. The molecule has 6 heteroatoms. The van der Waals surface area contributed by atoms with Crippen LogP contribution in [0.4, 0.5) is 0 Å². The molecule has 2 N–H and O–H groups in total. The summed E-state index contributed by atoms with van der Waals surface area (Å²) < 4.78 is 9.74. The van der Waals surface area contributed by atoms with Crippen molar-refractivity contribution in [1.29, 1.82) is 0 Å². The number of aromatic carboxylic acids is 1. The first-order valence-electron chi connectivity index (χ1n) is 4.39. The minimum absolute atomic E-state index is 0.0799. The summed E-state index contributed by atoms with van der Waals surface area (Å²) in [6.07, 6.45) is 0. The average molecular weight is 215 g/mol. The van der Waals surface area contributed by atoms with Gasteiger partial charge in [0.15, 0.2) is 0 Å². The lowest BCUT2D eigenvalue weighted by molar-refractivity contribution is 0.000842. The molecule has 0 aliphatic carbocycles. The fourth-order valence-electron chi connectivity index (χ4n) is 0.907. The van der Waals surface area contributed by atoms with E-state index in [9.17, 15) is 4.79 Å². The van der Waals surface area contributed by atoms with Crippen LogP contribution in [-0.4, -0.2) is 31.4 Å². The molecule has 0 fully saturated rings. The Labute approximate surface area is 86.7 Å². The summed E-state index contributed by atoms with van der Waals surface area (Å²) in [5, 5.41) is 8.58. The number of hydrogen-bond acceptors (Lipinski definition) is 5. The molecule has 84 valence electrons. The molecular formula is C9H13NO5. The van der Waals surface area contributed by atoms with E-state index in [2.05, 4.69) is 5.48 Å². The molecule has 0 saturated carbocycles. The molecular weight excluding hydrogens is 202 g/mol. The second kappa shape index (κ2) is 6.18. The minimum atomic E-state index is -1.08. The second-order valence-corrected chi connectivity index (χ2v) is 2.73. The van der Waals surface area contributed by atoms with Gasteiger partial charge in [-0.1, -0.05) is 0 Å². The molecule has 0 unspecified atom stereocenters. The Bertz CT molecular complexity index is 309. The maximum absolute atomic E-state index is 10.5. The standard InChI is InChI=1S/C9H13NO5/c1-13-4-5-14-10-6-7-2-3-8(15-7)9(11)12/h2-3,10H,4-6H2,1H3,(H,11,12). The SMILES string of the molecule is COCCONCc1ccc(C(=O)O)o1. The normalized spacial score (nSPS) is 10.5.